The molecule has 0 aliphatic carbocycles. The number of hydrogen-bond donors (Lipinski definition) is 1. The van der Waals surface area contributed by atoms with Crippen LogP contribution >= 0.6 is 0 Å². The molecule has 0 saturated heterocycles. The minimum absolute atomic E-state index is 1.13. The van der Waals surface area contributed by atoms with Gasteiger partial charge in [0, 0.05) is 28.7 Å². The van der Waals surface area contributed by atoms with Gasteiger partial charge in [-0.2, -0.15) is 0 Å². The molecule has 0 saturated carbocycles. The number of nitrogens with one attached hydrogen (secondary N) is 1. The molecule has 0 unspecified atom stereocenters. The third-order valence-electron chi connectivity index (χ3n) is 4.55. The minimum atomic E-state index is 1.13. The number of fused-ring (bicyclic) bond motifs is 3. The summed E-state index contributed by atoms with van der Waals surface area (Å²) in [7, 11) is 0. The summed E-state index contributed by atoms with van der Waals surface area (Å²) in [5.41, 5.74) is 5.95. The lowest BCUT2D eigenvalue weighted by Crippen LogP contribution is -1.81. The van der Waals surface area contributed by atoms with Crippen LogP contribution in [-0.4, -0.2) is 9.38 Å². The zero-order valence-electron chi connectivity index (χ0n) is 13.1. The first kappa shape index (κ1) is 13.2. The molecule has 5 rings (SSSR count). The Labute approximate surface area is 140 Å². The minimum Gasteiger partial charge on any atom is -0.339 e. The van der Waals surface area contributed by atoms with E-state index in [0.29, 0.717) is 0 Å². The summed E-state index contributed by atoms with van der Waals surface area (Å²) >= 11 is 0. The fourth-order valence-electron chi connectivity index (χ4n) is 3.35. The molecule has 0 bridgehead atoms. The van der Waals surface area contributed by atoms with Crippen LogP contribution in [0.15, 0.2) is 91.3 Å². The summed E-state index contributed by atoms with van der Waals surface area (Å²) in [5, 5.41) is 2.51. The van der Waals surface area contributed by atoms with Crippen LogP contribution in [0.25, 0.3) is 38.8 Å². The van der Waals surface area contributed by atoms with Gasteiger partial charge in [0.05, 0.1) is 5.69 Å². The van der Waals surface area contributed by atoms with E-state index in [4.69, 9.17) is 0 Å². The Morgan fingerprint density at radius 3 is 2.29 bits per heavy atom. The van der Waals surface area contributed by atoms with Gasteiger partial charge < -0.3 is 9.38 Å². The molecule has 3 aromatic carbocycles. The molecule has 0 fully saturated rings. The standard InChI is InChI=1S/C22H16N2/c1-2-7-16(8-3-1)17-10-6-11-18(13-17)21-15-24-14-19-9-4-5-12-20(19)22(24)23-21/h1-15,23H. The fourth-order valence-corrected chi connectivity index (χ4v) is 3.35. The second-order valence-corrected chi connectivity index (χ2v) is 6.09. The highest BCUT2D eigenvalue weighted by Gasteiger charge is 2.08. The van der Waals surface area contributed by atoms with Crippen LogP contribution in [0.4, 0.5) is 0 Å². The number of nitrogens with zero attached hydrogens (tertiary/aromatic N) is 1. The molecule has 0 aliphatic rings. The van der Waals surface area contributed by atoms with Gasteiger partial charge in [-0.25, -0.2) is 0 Å². The van der Waals surface area contributed by atoms with Crippen LogP contribution in [0.3, 0.4) is 0 Å². The van der Waals surface area contributed by atoms with Crippen LogP contribution in [-0.2, 0) is 0 Å². The van der Waals surface area contributed by atoms with E-state index < -0.39 is 0 Å². The molecule has 0 atom stereocenters. The first-order valence-corrected chi connectivity index (χ1v) is 8.13. The third kappa shape index (κ3) is 2.04. The lowest BCUT2D eigenvalue weighted by atomic mass is 10.0. The van der Waals surface area contributed by atoms with Gasteiger partial charge in [-0.3, -0.25) is 0 Å². The van der Waals surface area contributed by atoms with Crippen molar-refractivity contribution in [3.05, 3.63) is 91.3 Å². The first-order valence-electron chi connectivity index (χ1n) is 8.13. The van der Waals surface area contributed by atoms with Crippen LogP contribution < -0.4 is 0 Å². The highest BCUT2D eigenvalue weighted by atomic mass is 15.0. The van der Waals surface area contributed by atoms with Gasteiger partial charge in [0.2, 0.25) is 0 Å². The van der Waals surface area contributed by atoms with Gasteiger partial charge in [0.25, 0.3) is 0 Å². The van der Waals surface area contributed by atoms with E-state index in [1.165, 1.54) is 27.5 Å². The Balaban J connectivity index is 1.65. The van der Waals surface area contributed by atoms with E-state index in [-0.39, 0.29) is 0 Å². The van der Waals surface area contributed by atoms with Crippen LogP contribution in [0.5, 0.6) is 0 Å². The van der Waals surface area contributed by atoms with Gasteiger partial charge in [0.15, 0.2) is 0 Å². The van der Waals surface area contributed by atoms with Crippen LogP contribution in [0.1, 0.15) is 0 Å². The molecular formula is C22H16N2. The molecular weight excluding hydrogens is 292 g/mol. The van der Waals surface area contributed by atoms with Crippen molar-refractivity contribution in [3.63, 3.8) is 0 Å². The Morgan fingerprint density at radius 1 is 0.625 bits per heavy atom. The molecule has 0 amide bonds. The van der Waals surface area contributed by atoms with Gasteiger partial charge >= 0.3 is 0 Å². The van der Waals surface area contributed by atoms with Crippen molar-refractivity contribution < 1.29 is 0 Å². The third-order valence-corrected chi connectivity index (χ3v) is 4.55. The summed E-state index contributed by atoms with van der Waals surface area (Å²) in [5.74, 6) is 0. The topological polar surface area (TPSA) is 20.2 Å². The second-order valence-electron chi connectivity index (χ2n) is 6.09. The molecule has 5 aromatic rings. The van der Waals surface area contributed by atoms with Crippen LogP contribution in [0.2, 0.25) is 0 Å². The van der Waals surface area contributed by atoms with Crippen molar-refractivity contribution >= 4 is 16.4 Å². The van der Waals surface area contributed by atoms with Crippen molar-refractivity contribution in [1.82, 2.24) is 9.38 Å². The molecule has 24 heavy (non-hydrogen) atoms. The van der Waals surface area contributed by atoms with Gasteiger partial charge in [-0.15, -0.1) is 0 Å². The Morgan fingerprint density at radius 2 is 1.38 bits per heavy atom. The Bertz CT molecular complexity index is 1150. The predicted molar refractivity (Wildman–Crippen MR) is 100 cm³/mol. The van der Waals surface area contributed by atoms with Crippen molar-refractivity contribution in [2.24, 2.45) is 0 Å². The summed E-state index contributed by atoms with van der Waals surface area (Å²) in [6.45, 7) is 0. The van der Waals surface area contributed by atoms with Crippen LogP contribution in [0, 0.1) is 0 Å². The molecule has 0 radical (unpaired) electrons. The SMILES string of the molecule is c1ccc(-c2cccc(-c3cn4cc5ccccc5c4[nH]3)c2)cc1. The van der Waals surface area contributed by atoms with Gasteiger partial charge in [0.1, 0.15) is 5.65 Å². The van der Waals surface area contributed by atoms with Crippen molar-refractivity contribution in [3.8, 4) is 22.4 Å². The molecule has 2 heteroatoms. The molecule has 2 heterocycles. The number of imidazole rings is 1. The smallest absolute Gasteiger partial charge is 0.122 e. The predicted octanol–water partition coefficient (Wildman–Crippen LogP) is 5.75. The molecule has 0 spiro atoms. The summed E-state index contributed by atoms with van der Waals surface area (Å²) in [6.07, 6.45) is 4.34. The quantitative estimate of drug-likeness (QED) is 0.428. The maximum absolute atomic E-state index is 3.58. The maximum atomic E-state index is 3.58. The average Bonchev–Trinajstić information content (AvgIpc) is 3.21. The average molecular weight is 308 g/mol. The largest absolute Gasteiger partial charge is 0.339 e. The summed E-state index contributed by atoms with van der Waals surface area (Å²) in [4.78, 5) is 3.58. The number of benzene rings is 3. The van der Waals surface area contributed by atoms with Crippen molar-refractivity contribution in [2.75, 3.05) is 0 Å². The highest BCUT2D eigenvalue weighted by molar-refractivity contribution is 5.96. The molecule has 1 N–H and O–H groups in total. The first-order chi connectivity index (χ1) is 11.9. The van der Waals surface area contributed by atoms with E-state index in [0.717, 1.165) is 11.3 Å². The summed E-state index contributed by atoms with van der Waals surface area (Å²) < 4.78 is 2.18. The van der Waals surface area contributed by atoms with E-state index in [2.05, 4.69) is 94.6 Å². The number of aromatic nitrogens is 2. The fraction of sp³-hybridized carbons (Fsp3) is 0. The molecule has 0 aliphatic heterocycles. The maximum Gasteiger partial charge on any atom is 0.122 e. The lowest BCUT2D eigenvalue weighted by molar-refractivity contribution is 1.24. The Hall–Kier alpha value is -3.26. The molecule has 114 valence electrons. The number of hydrogen-bond acceptors (Lipinski definition) is 0. The zero-order valence-corrected chi connectivity index (χ0v) is 13.1. The second kappa shape index (κ2) is 5.14. The normalized spacial score (nSPS) is 11.3. The van der Waals surface area contributed by atoms with Crippen molar-refractivity contribution in [1.29, 1.82) is 0 Å². The highest BCUT2D eigenvalue weighted by Crippen LogP contribution is 2.28. The Kier molecular flexibility index (Phi) is 2.83. The number of rotatable bonds is 2. The van der Waals surface area contributed by atoms with Gasteiger partial charge in [-0.05, 0) is 17.2 Å². The van der Waals surface area contributed by atoms with E-state index in [1.54, 1.807) is 0 Å². The van der Waals surface area contributed by atoms with E-state index in [9.17, 15) is 0 Å². The van der Waals surface area contributed by atoms with Gasteiger partial charge in [-0.1, -0.05) is 72.8 Å². The number of H-pyrrole nitrogens is 1. The summed E-state index contributed by atoms with van der Waals surface area (Å²) in [6, 6.07) is 27.6. The number of aromatic amines is 1. The lowest BCUT2D eigenvalue weighted by Gasteiger charge is -2.04. The molecule has 2 aromatic heterocycles. The zero-order chi connectivity index (χ0) is 15.9. The molecule has 2 nitrogen and oxygen atoms in total. The van der Waals surface area contributed by atoms with Crippen molar-refractivity contribution in [2.45, 2.75) is 0 Å². The monoisotopic (exact) mass is 308 g/mol. The van der Waals surface area contributed by atoms with E-state index in [1.807, 2.05) is 6.07 Å². The van der Waals surface area contributed by atoms with E-state index >= 15 is 0 Å².